The van der Waals surface area contributed by atoms with E-state index in [9.17, 15) is 9.90 Å². The smallest absolute Gasteiger partial charge is 0.218 e. The molecule has 1 fully saturated rings. The van der Waals surface area contributed by atoms with Gasteiger partial charge < -0.3 is 15.6 Å². The highest BCUT2D eigenvalue weighted by molar-refractivity contribution is 5.74. The van der Waals surface area contributed by atoms with Gasteiger partial charge in [-0.15, -0.1) is 0 Å². The second-order valence-corrected chi connectivity index (χ2v) is 5.61. The summed E-state index contributed by atoms with van der Waals surface area (Å²) < 4.78 is 5.18. The van der Waals surface area contributed by atoms with Gasteiger partial charge in [0.25, 0.3) is 0 Å². The monoisotopic (exact) mass is 292 g/mol. The predicted molar refractivity (Wildman–Crippen MR) is 81.0 cm³/mol. The second-order valence-electron chi connectivity index (χ2n) is 5.61. The molecule has 1 amide bonds. The first-order valence-corrected chi connectivity index (χ1v) is 7.44. The molecular formula is C16H24N2O3. The number of ether oxygens (including phenoxy) is 1. The molecule has 0 bridgehead atoms. The molecule has 0 aliphatic carbocycles. The molecular weight excluding hydrogens is 268 g/mol. The number of carbonyl (C=O) groups excluding carboxylic acids is 1. The molecule has 1 aromatic rings. The van der Waals surface area contributed by atoms with Crippen molar-refractivity contribution in [1.82, 2.24) is 4.90 Å². The minimum atomic E-state index is -0.589. The number of piperidine rings is 1. The largest absolute Gasteiger partial charge is 0.497 e. The third-order valence-corrected chi connectivity index (χ3v) is 4.07. The average Bonchev–Trinajstić information content (AvgIpc) is 2.48. The van der Waals surface area contributed by atoms with E-state index < -0.39 is 6.10 Å². The molecule has 0 aromatic heterocycles. The molecule has 1 aliphatic heterocycles. The summed E-state index contributed by atoms with van der Waals surface area (Å²) in [5.41, 5.74) is 6.15. The lowest BCUT2D eigenvalue weighted by molar-refractivity contribution is -0.119. The molecule has 1 heterocycles. The predicted octanol–water partition coefficient (Wildman–Crippen LogP) is 1.46. The number of likely N-dealkylation sites (tertiary alicyclic amines) is 1. The first kappa shape index (κ1) is 15.8. The van der Waals surface area contributed by atoms with Gasteiger partial charge in [-0.05, 0) is 37.1 Å². The van der Waals surface area contributed by atoms with Crippen LogP contribution in [0.25, 0.3) is 0 Å². The van der Waals surface area contributed by atoms with Crippen LogP contribution in [-0.4, -0.2) is 42.2 Å². The summed E-state index contributed by atoms with van der Waals surface area (Å²) in [7, 11) is 1.61. The molecule has 1 aromatic carbocycles. The molecule has 2 unspecified atom stereocenters. The summed E-state index contributed by atoms with van der Waals surface area (Å²) in [6.07, 6.45) is 2.95. The van der Waals surface area contributed by atoms with E-state index in [1.54, 1.807) is 7.11 Å². The fourth-order valence-corrected chi connectivity index (χ4v) is 2.94. The number of nitrogens with zero attached hydrogens (tertiary/aromatic N) is 1. The Labute approximate surface area is 125 Å². The third-order valence-electron chi connectivity index (χ3n) is 4.07. The van der Waals surface area contributed by atoms with E-state index in [0.717, 1.165) is 37.1 Å². The summed E-state index contributed by atoms with van der Waals surface area (Å²) in [6.45, 7) is 1.42. The van der Waals surface area contributed by atoms with Gasteiger partial charge in [0.15, 0.2) is 0 Å². The molecule has 116 valence electrons. The molecule has 0 spiro atoms. The Bertz CT molecular complexity index is 478. The lowest BCUT2D eigenvalue weighted by atomic mass is 9.97. The molecule has 5 heteroatoms. The number of carbonyl (C=O) groups is 1. The van der Waals surface area contributed by atoms with Crippen molar-refractivity contribution >= 4 is 5.91 Å². The molecule has 0 radical (unpaired) electrons. The standard InChI is InChI=1S/C16H24N2O3/c1-21-14-7-4-5-12(9-14)15(19)11-18-8-3-2-6-13(18)10-16(17)20/h4-5,7,9,13,15,19H,2-3,6,8,10-11H2,1H3,(H2,17,20). The lowest BCUT2D eigenvalue weighted by Crippen LogP contribution is -2.43. The maximum Gasteiger partial charge on any atom is 0.218 e. The first-order chi connectivity index (χ1) is 10.1. The molecule has 1 aliphatic rings. The highest BCUT2D eigenvalue weighted by Crippen LogP contribution is 2.25. The summed E-state index contributed by atoms with van der Waals surface area (Å²) in [5, 5.41) is 10.4. The van der Waals surface area contributed by atoms with Crippen molar-refractivity contribution in [1.29, 1.82) is 0 Å². The number of nitrogens with two attached hydrogens (primary N) is 1. The van der Waals surface area contributed by atoms with Crippen LogP contribution in [0.3, 0.4) is 0 Å². The summed E-state index contributed by atoms with van der Waals surface area (Å²) in [6, 6.07) is 7.61. The number of hydrogen-bond donors (Lipinski definition) is 2. The summed E-state index contributed by atoms with van der Waals surface area (Å²) in [5.74, 6) is 0.460. The van der Waals surface area contributed by atoms with Gasteiger partial charge in [-0.2, -0.15) is 0 Å². The zero-order valence-electron chi connectivity index (χ0n) is 12.5. The highest BCUT2D eigenvalue weighted by Gasteiger charge is 2.26. The van der Waals surface area contributed by atoms with E-state index in [1.165, 1.54) is 0 Å². The van der Waals surface area contributed by atoms with Crippen LogP contribution in [0.5, 0.6) is 5.75 Å². The van der Waals surface area contributed by atoms with Gasteiger partial charge in [0.05, 0.1) is 13.2 Å². The van der Waals surface area contributed by atoms with E-state index in [1.807, 2.05) is 24.3 Å². The van der Waals surface area contributed by atoms with Gasteiger partial charge in [0, 0.05) is 19.0 Å². The number of benzene rings is 1. The Hall–Kier alpha value is -1.59. The molecule has 21 heavy (non-hydrogen) atoms. The van der Waals surface area contributed by atoms with E-state index in [-0.39, 0.29) is 11.9 Å². The maximum atomic E-state index is 11.2. The van der Waals surface area contributed by atoms with Crippen molar-refractivity contribution in [3.63, 3.8) is 0 Å². The van der Waals surface area contributed by atoms with Crippen LogP contribution in [0.4, 0.5) is 0 Å². The number of methoxy groups -OCH3 is 1. The zero-order chi connectivity index (χ0) is 15.2. The minimum absolute atomic E-state index is 0.150. The van der Waals surface area contributed by atoms with Gasteiger partial charge in [-0.25, -0.2) is 0 Å². The van der Waals surface area contributed by atoms with Crippen molar-refractivity contribution in [2.75, 3.05) is 20.2 Å². The maximum absolute atomic E-state index is 11.2. The van der Waals surface area contributed by atoms with Crippen LogP contribution in [0.2, 0.25) is 0 Å². The molecule has 1 saturated heterocycles. The molecule has 0 saturated carbocycles. The first-order valence-electron chi connectivity index (χ1n) is 7.44. The topological polar surface area (TPSA) is 75.8 Å². The van der Waals surface area contributed by atoms with E-state index in [4.69, 9.17) is 10.5 Å². The zero-order valence-corrected chi connectivity index (χ0v) is 12.5. The fourth-order valence-electron chi connectivity index (χ4n) is 2.94. The average molecular weight is 292 g/mol. The van der Waals surface area contributed by atoms with Gasteiger partial charge in [-0.3, -0.25) is 9.69 Å². The van der Waals surface area contributed by atoms with Crippen molar-refractivity contribution in [3.05, 3.63) is 29.8 Å². The van der Waals surface area contributed by atoms with Crippen molar-refractivity contribution in [2.45, 2.75) is 37.8 Å². The number of primary amides is 1. The van der Waals surface area contributed by atoms with Gasteiger partial charge in [-0.1, -0.05) is 18.6 Å². The van der Waals surface area contributed by atoms with Crippen LogP contribution in [-0.2, 0) is 4.79 Å². The Balaban J connectivity index is 2.01. The van der Waals surface area contributed by atoms with E-state index in [2.05, 4.69) is 4.90 Å². The number of aliphatic hydroxyl groups is 1. The molecule has 5 nitrogen and oxygen atoms in total. The van der Waals surface area contributed by atoms with Crippen molar-refractivity contribution < 1.29 is 14.6 Å². The Kier molecular flexibility index (Phi) is 5.59. The van der Waals surface area contributed by atoms with Crippen LogP contribution >= 0.6 is 0 Å². The fraction of sp³-hybridized carbons (Fsp3) is 0.562. The third kappa shape index (κ3) is 4.44. The summed E-state index contributed by atoms with van der Waals surface area (Å²) >= 11 is 0. The normalized spacial score (nSPS) is 21.0. The molecule has 3 N–H and O–H groups in total. The van der Waals surface area contributed by atoms with Gasteiger partial charge in [0.2, 0.25) is 5.91 Å². The Morgan fingerprint density at radius 1 is 1.52 bits per heavy atom. The highest BCUT2D eigenvalue weighted by atomic mass is 16.5. The minimum Gasteiger partial charge on any atom is -0.497 e. The molecule has 2 atom stereocenters. The van der Waals surface area contributed by atoms with Gasteiger partial charge >= 0.3 is 0 Å². The second kappa shape index (κ2) is 7.43. The Morgan fingerprint density at radius 3 is 3.05 bits per heavy atom. The van der Waals surface area contributed by atoms with Crippen LogP contribution < -0.4 is 10.5 Å². The number of β-amino-alcohol motifs (C(OH)–C–C–N with tert-alkyl or cyclic N) is 1. The van der Waals surface area contributed by atoms with Crippen molar-refractivity contribution in [3.8, 4) is 5.75 Å². The quantitative estimate of drug-likeness (QED) is 0.832. The lowest BCUT2D eigenvalue weighted by Gasteiger charge is -2.36. The Morgan fingerprint density at radius 2 is 2.33 bits per heavy atom. The van der Waals surface area contributed by atoms with Gasteiger partial charge in [0.1, 0.15) is 5.75 Å². The van der Waals surface area contributed by atoms with E-state index in [0.29, 0.717) is 13.0 Å². The van der Waals surface area contributed by atoms with Crippen LogP contribution in [0.1, 0.15) is 37.4 Å². The number of aliphatic hydroxyl groups excluding tert-OH is 1. The number of hydrogen-bond acceptors (Lipinski definition) is 4. The molecule has 2 rings (SSSR count). The van der Waals surface area contributed by atoms with Crippen molar-refractivity contribution in [2.24, 2.45) is 5.73 Å². The number of amides is 1. The number of rotatable bonds is 6. The summed E-state index contributed by atoms with van der Waals surface area (Å²) in [4.78, 5) is 13.3. The SMILES string of the molecule is COc1cccc(C(O)CN2CCCCC2CC(N)=O)c1. The van der Waals surface area contributed by atoms with E-state index >= 15 is 0 Å². The van der Waals surface area contributed by atoms with Crippen LogP contribution in [0.15, 0.2) is 24.3 Å². The van der Waals surface area contributed by atoms with Crippen LogP contribution in [0, 0.1) is 0 Å².